The van der Waals surface area contributed by atoms with Gasteiger partial charge in [-0.2, -0.15) is 4.99 Å². The van der Waals surface area contributed by atoms with Crippen molar-refractivity contribution in [3.05, 3.63) is 90.3 Å². The van der Waals surface area contributed by atoms with Crippen molar-refractivity contribution in [1.29, 1.82) is 0 Å². The van der Waals surface area contributed by atoms with E-state index < -0.39 is 6.36 Å². The largest absolute Gasteiger partial charge is 0.573 e. The van der Waals surface area contributed by atoms with E-state index >= 15 is 0 Å². The van der Waals surface area contributed by atoms with Crippen LogP contribution in [0.4, 0.5) is 23.7 Å². The van der Waals surface area contributed by atoms with Crippen molar-refractivity contribution >= 4 is 28.6 Å². The number of hydrogen-bond acceptors (Lipinski definition) is 5. The Kier molecular flexibility index (Phi) is 10.4. The van der Waals surface area contributed by atoms with E-state index in [2.05, 4.69) is 56.0 Å². The molecule has 2 amide bonds. The summed E-state index contributed by atoms with van der Waals surface area (Å²) in [4.78, 5) is 23.6. The number of halogens is 3. The molecular formula is C33H35F3N6O2S. The van der Waals surface area contributed by atoms with Crippen LogP contribution in [-0.2, 0) is 6.42 Å². The minimum absolute atomic E-state index is 0.278. The molecule has 1 aliphatic heterocycles. The van der Waals surface area contributed by atoms with Crippen molar-refractivity contribution < 1.29 is 22.7 Å². The number of benzene rings is 3. The van der Waals surface area contributed by atoms with Gasteiger partial charge in [0.2, 0.25) is 0 Å². The molecule has 0 spiro atoms. The lowest BCUT2D eigenvalue weighted by atomic mass is 9.95. The first kappa shape index (κ1) is 32.1. The molecule has 0 radical (unpaired) electrons. The molecule has 4 aromatic rings. The predicted molar refractivity (Wildman–Crippen MR) is 172 cm³/mol. The molecule has 0 bridgehead atoms. The lowest BCUT2D eigenvalue weighted by molar-refractivity contribution is -0.274. The molecule has 1 aromatic heterocycles. The van der Waals surface area contributed by atoms with Gasteiger partial charge in [0.25, 0.3) is 0 Å². The van der Waals surface area contributed by atoms with Crippen LogP contribution < -0.4 is 15.0 Å². The zero-order chi connectivity index (χ0) is 31.8. The topological polar surface area (TPSA) is 84.6 Å². The van der Waals surface area contributed by atoms with Gasteiger partial charge in [0.05, 0.1) is 5.69 Å². The Hall–Kier alpha value is -4.32. The molecule has 1 atom stereocenters. The fourth-order valence-electron chi connectivity index (χ4n) is 5.13. The number of aryl methyl sites for hydroxylation is 1. The number of rotatable bonds is 10. The monoisotopic (exact) mass is 636 g/mol. The molecule has 5 rings (SSSR count). The summed E-state index contributed by atoms with van der Waals surface area (Å²) < 4.78 is 42.7. The molecule has 1 fully saturated rings. The quantitative estimate of drug-likeness (QED) is 0.178. The number of thioether (sulfide) groups is 1. The molecule has 1 saturated heterocycles. The molecular weight excluding hydrogens is 601 g/mol. The van der Waals surface area contributed by atoms with E-state index in [9.17, 15) is 18.0 Å². The summed E-state index contributed by atoms with van der Waals surface area (Å²) in [5.41, 5.74) is 4.91. The third-order valence-corrected chi connectivity index (χ3v) is 8.57. The van der Waals surface area contributed by atoms with Crippen molar-refractivity contribution in [2.75, 3.05) is 23.7 Å². The minimum Gasteiger partial charge on any atom is -0.406 e. The van der Waals surface area contributed by atoms with Crippen molar-refractivity contribution in [2.45, 2.75) is 51.8 Å². The van der Waals surface area contributed by atoms with E-state index in [1.54, 1.807) is 11.8 Å². The van der Waals surface area contributed by atoms with Gasteiger partial charge in [-0.15, -0.1) is 18.3 Å². The van der Waals surface area contributed by atoms with Gasteiger partial charge in [0.1, 0.15) is 12.1 Å². The number of para-hydroxylation sites is 1. The number of carbonyl (C=O) groups is 1. The van der Waals surface area contributed by atoms with E-state index in [4.69, 9.17) is 0 Å². The number of aromatic nitrogens is 3. The van der Waals surface area contributed by atoms with Gasteiger partial charge in [0.15, 0.2) is 11.0 Å². The number of urea groups is 1. The van der Waals surface area contributed by atoms with Crippen LogP contribution in [0.25, 0.3) is 17.1 Å². The Morgan fingerprint density at radius 1 is 1.09 bits per heavy atom. The number of amides is 2. The lowest BCUT2D eigenvalue weighted by Crippen LogP contribution is -2.36. The van der Waals surface area contributed by atoms with Crippen LogP contribution in [0.15, 0.2) is 84.1 Å². The van der Waals surface area contributed by atoms with Gasteiger partial charge >= 0.3 is 12.4 Å². The van der Waals surface area contributed by atoms with Gasteiger partial charge in [-0.25, -0.2) is 14.5 Å². The van der Waals surface area contributed by atoms with E-state index in [1.807, 2.05) is 36.4 Å². The maximum atomic E-state index is 12.7. The number of alkyl halides is 3. The van der Waals surface area contributed by atoms with Crippen molar-refractivity contribution in [1.82, 2.24) is 20.1 Å². The first-order valence-corrected chi connectivity index (χ1v) is 15.9. The number of nitrogens with zero attached hydrogens (tertiary/aromatic N) is 5. The molecule has 0 aliphatic carbocycles. The van der Waals surface area contributed by atoms with Gasteiger partial charge < -0.3 is 15.0 Å². The fourth-order valence-corrected chi connectivity index (χ4v) is 6.08. The number of ether oxygens (including phenoxy) is 1. The highest BCUT2D eigenvalue weighted by atomic mass is 32.2. The second kappa shape index (κ2) is 14.6. The molecule has 45 heavy (non-hydrogen) atoms. The smallest absolute Gasteiger partial charge is 0.406 e. The van der Waals surface area contributed by atoms with Crippen molar-refractivity contribution in [2.24, 2.45) is 4.99 Å². The van der Waals surface area contributed by atoms with Crippen molar-refractivity contribution in [3.63, 3.8) is 0 Å². The second-order valence-electron chi connectivity index (χ2n) is 10.7. The van der Waals surface area contributed by atoms with E-state index in [-0.39, 0.29) is 17.7 Å². The van der Waals surface area contributed by atoms with E-state index in [1.165, 1.54) is 40.8 Å². The van der Waals surface area contributed by atoms with Gasteiger partial charge in [-0.1, -0.05) is 68.1 Å². The summed E-state index contributed by atoms with van der Waals surface area (Å²) >= 11 is 1.62. The third kappa shape index (κ3) is 8.65. The van der Waals surface area contributed by atoms with Gasteiger partial charge in [-0.3, -0.25) is 0 Å². The Balaban J connectivity index is 1.11. The van der Waals surface area contributed by atoms with E-state index in [0.29, 0.717) is 18.1 Å². The molecule has 8 nitrogen and oxygen atoms in total. The van der Waals surface area contributed by atoms with Crippen LogP contribution in [0.1, 0.15) is 50.2 Å². The van der Waals surface area contributed by atoms with Crippen LogP contribution in [0, 0.1) is 0 Å². The molecule has 12 heteroatoms. The third-order valence-electron chi connectivity index (χ3n) is 7.50. The van der Waals surface area contributed by atoms with Gasteiger partial charge in [-0.05, 0) is 73.1 Å². The number of hydrogen-bond donors (Lipinski definition) is 1. The summed E-state index contributed by atoms with van der Waals surface area (Å²) in [7, 11) is 0. The first-order chi connectivity index (χ1) is 21.7. The van der Waals surface area contributed by atoms with Crippen LogP contribution >= 0.6 is 11.8 Å². The standard InChI is InChI=1S/C33H35F3N6O2S/c1-3-24-9-4-5-10-29(24)41-20-7-21-45-32(41)39-31(43)37-19-6-8-23(2)25-11-13-26(14-12-25)30-38-22-42(40-30)27-15-17-28(18-16-27)44-33(34,35)36/h4-5,9-18,22-23H,3,6-8,19-21H2,1-2H3,(H,37,43). The molecule has 3 aromatic carbocycles. The SMILES string of the molecule is CCc1ccccc1N1CCCSC1=NC(=O)NCCCC(C)c1ccc(-c2ncn(-c3ccc(OC(F)(F)F)cc3)n2)cc1. The lowest BCUT2D eigenvalue weighted by Gasteiger charge is -2.31. The first-order valence-electron chi connectivity index (χ1n) is 14.9. The van der Waals surface area contributed by atoms with Crippen LogP contribution in [0.2, 0.25) is 0 Å². The maximum Gasteiger partial charge on any atom is 0.573 e. The summed E-state index contributed by atoms with van der Waals surface area (Å²) in [5, 5.41) is 8.17. The summed E-state index contributed by atoms with van der Waals surface area (Å²) in [6.45, 7) is 5.68. The summed E-state index contributed by atoms with van der Waals surface area (Å²) in [6, 6.07) is 21.4. The normalized spacial score (nSPS) is 15.2. The molecule has 0 saturated carbocycles. The van der Waals surface area contributed by atoms with Crippen molar-refractivity contribution in [3.8, 4) is 22.8 Å². The zero-order valence-corrected chi connectivity index (χ0v) is 25.9. The highest BCUT2D eigenvalue weighted by molar-refractivity contribution is 8.14. The van der Waals surface area contributed by atoms with Crippen LogP contribution in [0.5, 0.6) is 5.75 Å². The Morgan fingerprint density at radius 3 is 2.58 bits per heavy atom. The highest BCUT2D eigenvalue weighted by Crippen LogP contribution is 2.29. The Labute approximate surface area is 264 Å². The number of carbonyl (C=O) groups excluding carboxylic acids is 1. The molecule has 1 unspecified atom stereocenters. The zero-order valence-electron chi connectivity index (χ0n) is 25.1. The van der Waals surface area contributed by atoms with E-state index in [0.717, 1.165) is 60.0 Å². The molecule has 236 valence electrons. The summed E-state index contributed by atoms with van der Waals surface area (Å²) in [6.07, 6.45) is 0.442. The molecule has 1 N–H and O–H groups in total. The molecule has 2 heterocycles. The number of aliphatic imine (C=N–C) groups is 1. The average Bonchev–Trinajstić information content (AvgIpc) is 3.53. The second-order valence-corrected chi connectivity index (χ2v) is 11.7. The van der Waals surface area contributed by atoms with Crippen LogP contribution in [0.3, 0.4) is 0 Å². The van der Waals surface area contributed by atoms with Gasteiger partial charge in [0, 0.05) is 30.1 Å². The predicted octanol–water partition coefficient (Wildman–Crippen LogP) is 7.99. The number of anilines is 1. The van der Waals surface area contributed by atoms with Crippen LogP contribution in [-0.4, -0.2) is 51.2 Å². The Bertz CT molecular complexity index is 1610. The highest BCUT2D eigenvalue weighted by Gasteiger charge is 2.31. The molecule has 1 aliphatic rings. The maximum absolute atomic E-state index is 12.7. The Morgan fingerprint density at radius 2 is 1.84 bits per heavy atom. The summed E-state index contributed by atoms with van der Waals surface area (Å²) in [5.74, 6) is 1.43. The minimum atomic E-state index is -4.74. The fraction of sp³-hybridized carbons (Fsp3) is 0.333. The number of nitrogens with one attached hydrogen (secondary N) is 1. The average molecular weight is 637 g/mol. The number of amidine groups is 1.